The first-order valence-electron chi connectivity index (χ1n) is 9.35. The lowest BCUT2D eigenvalue weighted by atomic mass is 10.2. The number of anilines is 1. The predicted octanol–water partition coefficient (Wildman–Crippen LogP) is 2.11. The van der Waals surface area contributed by atoms with Gasteiger partial charge in [0, 0.05) is 6.20 Å². The van der Waals surface area contributed by atoms with E-state index in [4.69, 9.17) is 9.47 Å². The van der Waals surface area contributed by atoms with Crippen LogP contribution < -0.4 is 14.8 Å². The van der Waals surface area contributed by atoms with Crippen LogP contribution in [0.2, 0.25) is 0 Å². The van der Waals surface area contributed by atoms with Gasteiger partial charge in [-0.1, -0.05) is 0 Å². The summed E-state index contributed by atoms with van der Waals surface area (Å²) in [6.45, 7) is -0.215. The van der Waals surface area contributed by atoms with E-state index in [0.717, 1.165) is 17.2 Å². The molecule has 12 nitrogen and oxygen atoms in total. The van der Waals surface area contributed by atoms with Crippen molar-refractivity contribution in [1.82, 2.24) is 34.7 Å². The van der Waals surface area contributed by atoms with Crippen molar-refractivity contribution < 1.29 is 27.4 Å². The number of nitrogens with one attached hydrogen (secondary N) is 1. The van der Waals surface area contributed by atoms with E-state index in [9.17, 15) is 23.2 Å². The van der Waals surface area contributed by atoms with Gasteiger partial charge in [-0.05, 0) is 12.1 Å². The molecule has 1 aliphatic rings. The number of rotatable bonds is 4. The van der Waals surface area contributed by atoms with Crippen LogP contribution in [-0.4, -0.2) is 47.4 Å². The molecule has 4 aromatic rings. The second-order valence-electron chi connectivity index (χ2n) is 6.67. The normalized spacial score (nSPS) is 12.4. The van der Waals surface area contributed by atoms with Crippen molar-refractivity contribution in [2.75, 3.05) is 12.1 Å². The zero-order valence-corrected chi connectivity index (χ0v) is 16.7. The number of hydrogen-bond acceptors (Lipinski definition) is 9. The highest BCUT2D eigenvalue weighted by Gasteiger charge is 2.41. The molecule has 0 fully saturated rings. The highest BCUT2D eigenvalue weighted by atomic mass is 19.4. The second-order valence-corrected chi connectivity index (χ2v) is 6.67. The minimum atomic E-state index is -4.95. The highest BCUT2D eigenvalue weighted by molar-refractivity contribution is 6.05. The molecule has 34 heavy (non-hydrogen) atoms. The van der Waals surface area contributed by atoms with Crippen LogP contribution in [0.4, 0.5) is 18.9 Å². The van der Waals surface area contributed by atoms with E-state index in [2.05, 4.69) is 30.6 Å². The van der Waals surface area contributed by atoms with Gasteiger partial charge in [-0.2, -0.15) is 33.7 Å². The third-order valence-corrected chi connectivity index (χ3v) is 4.61. The first-order chi connectivity index (χ1) is 16.4. The summed E-state index contributed by atoms with van der Waals surface area (Å²) in [4.78, 5) is 21.8. The van der Waals surface area contributed by atoms with Crippen molar-refractivity contribution in [2.45, 2.75) is 6.18 Å². The number of nitriles is 1. The number of nitrogens with zero attached hydrogens (tertiary/aromatic N) is 8. The van der Waals surface area contributed by atoms with E-state index in [0.29, 0.717) is 4.68 Å². The molecule has 1 N–H and O–H groups in total. The van der Waals surface area contributed by atoms with E-state index in [1.807, 2.05) is 6.07 Å². The van der Waals surface area contributed by atoms with Crippen LogP contribution >= 0.6 is 0 Å². The summed E-state index contributed by atoms with van der Waals surface area (Å²) in [5, 5.41) is 23.2. The maximum Gasteiger partial charge on any atom is 0.434 e. The van der Waals surface area contributed by atoms with E-state index >= 15 is 0 Å². The van der Waals surface area contributed by atoms with Crippen molar-refractivity contribution in [2.24, 2.45) is 0 Å². The topological polar surface area (TPSA) is 146 Å². The van der Waals surface area contributed by atoms with Gasteiger partial charge in [0.2, 0.25) is 12.5 Å². The summed E-state index contributed by atoms with van der Waals surface area (Å²) >= 11 is 0. The molecule has 0 atom stereocenters. The van der Waals surface area contributed by atoms with Crippen molar-refractivity contribution in [3.05, 3.63) is 59.9 Å². The maximum atomic E-state index is 14.0. The summed E-state index contributed by atoms with van der Waals surface area (Å²) in [5.41, 5.74) is -2.21. The van der Waals surface area contributed by atoms with Crippen LogP contribution in [-0.2, 0) is 6.18 Å². The average molecular weight is 469 g/mol. The van der Waals surface area contributed by atoms with Gasteiger partial charge in [-0.25, -0.2) is 14.6 Å². The number of pyridine rings is 2. The number of halogens is 3. The Morgan fingerprint density at radius 3 is 2.65 bits per heavy atom. The number of carbonyl (C=O) groups is 1. The third-order valence-electron chi connectivity index (χ3n) is 4.61. The van der Waals surface area contributed by atoms with Crippen LogP contribution in [0.25, 0.3) is 11.5 Å². The fourth-order valence-electron chi connectivity index (χ4n) is 3.23. The van der Waals surface area contributed by atoms with E-state index < -0.39 is 23.3 Å². The van der Waals surface area contributed by atoms with E-state index in [1.54, 1.807) is 0 Å². The van der Waals surface area contributed by atoms with Crippen molar-refractivity contribution in [3.8, 4) is 29.2 Å². The van der Waals surface area contributed by atoms with Crippen LogP contribution in [0.1, 0.15) is 21.6 Å². The quantitative estimate of drug-likeness (QED) is 0.475. The summed E-state index contributed by atoms with van der Waals surface area (Å²) in [5.74, 6) is -1.05. The second kappa shape index (κ2) is 7.85. The van der Waals surface area contributed by atoms with E-state index in [1.165, 1.54) is 30.7 Å². The predicted molar refractivity (Wildman–Crippen MR) is 104 cm³/mol. The Kier molecular flexibility index (Phi) is 4.82. The molecular formula is C19H10F3N9O3. The number of amides is 1. The van der Waals surface area contributed by atoms with Gasteiger partial charge in [-0.15, -0.1) is 4.80 Å². The highest BCUT2D eigenvalue weighted by Crippen LogP contribution is 2.40. The third kappa shape index (κ3) is 3.52. The molecule has 0 spiro atoms. The van der Waals surface area contributed by atoms with Gasteiger partial charge >= 0.3 is 6.18 Å². The molecule has 0 radical (unpaired) electrons. The Morgan fingerprint density at radius 1 is 1.12 bits per heavy atom. The summed E-state index contributed by atoms with van der Waals surface area (Å²) < 4.78 is 52.9. The van der Waals surface area contributed by atoms with Crippen LogP contribution in [0.5, 0.6) is 11.6 Å². The lowest BCUT2D eigenvalue weighted by Crippen LogP contribution is -2.21. The molecular weight excluding hydrogens is 459 g/mol. The Morgan fingerprint density at radius 2 is 1.91 bits per heavy atom. The van der Waals surface area contributed by atoms with Gasteiger partial charge in [0.25, 0.3) is 11.8 Å². The molecule has 170 valence electrons. The Hall–Kier alpha value is -5.00. The Balaban J connectivity index is 1.51. The molecule has 15 heteroatoms. The molecule has 1 amide bonds. The molecule has 0 saturated heterocycles. The molecule has 5 rings (SSSR count). The van der Waals surface area contributed by atoms with Gasteiger partial charge in [0.1, 0.15) is 17.3 Å². The zero-order valence-electron chi connectivity index (χ0n) is 16.7. The maximum absolute atomic E-state index is 14.0. The minimum Gasteiger partial charge on any atom is -0.449 e. The summed E-state index contributed by atoms with van der Waals surface area (Å²) in [6, 6.07) is 4.37. The number of alkyl halides is 3. The fraction of sp³-hybridized carbons (Fsp3) is 0.105. The summed E-state index contributed by atoms with van der Waals surface area (Å²) in [6.07, 6.45) is 0.978. The van der Waals surface area contributed by atoms with Gasteiger partial charge in [0.05, 0.1) is 36.0 Å². The van der Waals surface area contributed by atoms with Crippen molar-refractivity contribution in [3.63, 3.8) is 0 Å². The lowest BCUT2D eigenvalue weighted by molar-refractivity contribution is -0.143. The Labute approximate surface area is 187 Å². The lowest BCUT2D eigenvalue weighted by Gasteiger charge is -2.14. The number of aromatic nitrogens is 7. The number of hydrogen-bond donors (Lipinski definition) is 1. The number of ether oxygens (including phenoxy) is 2. The minimum absolute atomic E-state index is 0.00833. The molecule has 0 aromatic carbocycles. The van der Waals surface area contributed by atoms with Gasteiger partial charge < -0.3 is 14.8 Å². The standard InChI is InChI=1S/C19H10F3N9O3/c20-19(21,22)15-12(8-28-30(15)13-1-2-24-18-14(13)33-9-34-18)17(32)29-11-5-10(6-23)16(25-7-11)31-26-3-4-27-31/h1-5,7-8H,9H2,(H,29,32). The number of carbonyl (C=O) groups excluding carboxylic acids is 1. The van der Waals surface area contributed by atoms with Gasteiger partial charge in [-0.3, -0.25) is 4.79 Å². The average Bonchev–Trinajstić information content (AvgIpc) is 3.58. The Bertz CT molecular complexity index is 1440. The molecule has 4 aromatic heterocycles. The van der Waals surface area contributed by atoms with Crippen LogP contribution in [0, 0.1) is 11.3 Å². The van der Waals surface area contributed by atoms with E-state index in [-0.39, 0.29) is 41.2 Å². The number of fused-ring (bicyclic) bond motifs is 1. The molecule has 0 bridgehead atoms. The van der Waals surface area contributed by atoms with Crippen molar-refractivity contribution in [1.29, 1.82) is 5.26 Å². The molecule has 5 heterocycles. The molecule has 0 aliphatic carbocycles. The van der Waals surface area contributed by atoms with Crippen LogP contribution in [0.3, 0.4) is 0 Å². The monoisotopic (exact) mass is 469 g/mol. The van der Waals surface area contributed by atoms with Gasteiger partial charge in [0.15, 0.2) is 11.5 Å². The first kappa shape index (κ1) is 20.9. The smallest absolute Gasteiger partial charge is 0.434 e. The largest absolute Gasteiger partial charge is 0.449 e. The first-order valence-corrected chi connectivity index (χ1v) is 9.35. The molecule has 0 saturated carbocycles. The zero-order chi connectivity index (χ0) is 23.9. The fourth-order valence-corrected chi connectivity index (χ4v) is 3.23. The van der Waals surface area contributed by atoms with Crippen molar-refractivity contribution >= 4 is 11.6 Å². The molecule has 1 aliphatic heterocycles. The SMILES string of the molecule is N#Cc1cc(NC(=O)c2cnn(-c3ccnc4c3OCO4)c2C(F)(F)F)cnc1-n1nccn1. The molecule has 0 unspecified atom stereocenters. The summed E-state index contributed by atoms with van der Waals surface area (Å²) in [7, 11) is 0. The van der Waals surface area contributed by atoms with Crippen LogP contribution in [0.15, 0.2) is 43.1 Å².